The summed E-state index contributed by atoms with van der Waals surface area (Å²) in [5.74, 6) is 0.913. The van der Waals surface area contributed by atoms with E-state index >= 15 is 0 Å². The van der Waals surface area contributed by atoms with Crippen molar-refractivity contribution >= 4 is 22.0 Å². The molecule has 2 aromatic rings. The first kappa shape index (κ1) is 8.98. The van der Waals surface area contributed by atoms with Crippen molar-refractivity contribution in [3.05, 3.63) is 52.2 Å². The Morgan fingerprint density at radius 3 is 2.93 bits per heavy atom. The molecule has 74 valence electrons. The first-order valence-corrected chi connectivity index (χ1v) is 5.67. The molecular weight excluding hydrogens is 252 g/mol. The van der Waals surface area contributed by atoms with Crippen LogP contribution in [0.2, 0.25) is 0 Å². The molecule has 0 N–H and O–H groups in total. The van der Waals surface area contributed by atoms with Gasteiger partial charge in [0.25, 0.3) is 0 Å². The van der Waals surface area contributed by atoms with Gasteiger partial charge in [-0.3, -0.25) is 0 Å². The summed E-state index contributed by atoms with van der Waals surface area (Å²) in [6.45, 7) is 0. The molecule has 1 heterocycles. The van der Waals surface area contributed by atoms with E-state index < -0.39 is 0 Å². The minimum atomic E-state index is 0.913. The zero-order valence-electron chi connectivity index (χ0n) is 8.03. The molecule has 0 spiro atoms. The second-order valence-electron chi connectivity index (χ2n) is 3.58. The molecule has 0 amide bonds. The van der Waals surface area contributed by atoms with E-state index in [0.717, 1.165) is 22.2 Å². The quantitative estimate of drug-likeness (QED) is 0.746. The number of halogens is 1. The lowest BCUT2D eigenvalue weighted by Crippen LogP contribution is -1.87. The number of hydrogen-bond acceptors (Lipinski definition) is 1. The molecule has 1 aliphatic rings. The van der Waals surface area contributed by atoms with E-state index in [2.05, 4.69) is 40.2 Å². The van der Waals surface area contributed by atoms with Gasteiger partial charge in [0.15, 0.2) is 0 Å². The summed E-state index contributed by atoms with van der Waals surface area (Å²) >= 11 is 3.65. The smallest absolute Gasteiger partial charge is 0.134 e. The second kappa shape index (κ2) is 3.38. The predicted molar refractivity (Wildman–Crippen MR) is 64.6 cm³/mol. The highest BCUT2D eigenvalue weighted by molar-refractivity contribution is 9.10. The number of benzene rings is 1. The zero-order chi connectivity index (χ0) is 10.3. The zero-order valence-corrected chi connectivity index (χ0v) is 9.62. The summed E-state index contributed by atoms with van der Waals surface area (Å²) in [4.78, 5) is 0. The SMILES string of the molecule is Brc1c(-c2ccco2)ccc2c1CC=C2. The summed E-state index contributed by atoms with van der Waals surface area (Å²) in [5.41, 5.74) is 3.78. The topological polar surface area (TPSA) is 13.1 Å². The van der Waals surface area contributed by atoms with Gasteiger partial charge in [-0.1, -0.05) is 18.2 Å². The van der Waals surface area contributed by atoms with Gasteiger partial charge in [0.1, 0.15) is 5.76 Å². The van der Waals surface area contributed by atoms with E-state index in [0.29, 0.717) is 0 Å². The van der Waals surface area contributed by atoms with Crippen LogP contribution in [0.4, 0.5) is 0 Å². The van der Waals surface area contributed by atoms with Crippen LogP contribution in [0.3, 0.4) is 0 Å². The number of hydrogen-bond donors (Lipinski definition) is 0. The number of furan rings is 1. The maximum Gasteiger partial charge on any atom is 0.134 e. The van der Waals surface area contributed by atoms with Gasteiger partial charge in [-0.05, 0) is 51.7 Å². The molecule has 1 aromatic carbocycles. The average molecular weight is 261 g/mol. The highest BCUT2D eigenvalue weighted by Crippen LogP contribution is 2.36. The fourth-order valence-corrected chi connectivity index (χ4v) is 2.64. The largest absolute Gasteiger partial charge is 0.464 e. The molecule has 0 saturated carbocycles. The lowest BCUT2D eigenvalue weighted by Gasteiger charge is -2.07. The molecule has 0 saturated heterocycles. The third kappa shape index (κ3) is 1.37. The average Bonchev–Trinajstić information content (AvgIpc) is 2.87. The Kier molecular flexibility index (Phi) is 2.03. The van der Waals surface area contributed by atoms with Crippen LogP contribution in [0, 0.1) is 0 Å². The molecule has 3 rings (SSSR count). The summed E-state index contributed by atoms with van der Waals surface area (Å²) in [7, 11) is 0. The van der Waals surface area contributed by atoms with E-state index in [-0.39, 0.29) is 0 Å². The van der Waals surface area contributed by atoms with Gasteiger partial charge in [0.05, 0.1) is 6.26 Å². The van der Waals surface area contributed by atoms with Gasteiger partial charge in [0.2, 0.25) is 0 Å². The molecule has 1 aliphatic carbocycles. The van der Waals surface area contributed by atoms with Crippen LogP contribution in [0.15, 0.2) is 45.5 Å². The molecule has 0 fully saturated rings. The number of allylic oxidation sites excluding steroid dienone is 1. The minimum absolute atomic E-state index is 0.913. The molecule has 0 radical (unpaired) electrons. The van der Waals surface area contributed by atoms with Crippen molar-refractivity contribution in [2.45, 2.75) is 6.42 Å². The number of fused-ring (bicyclic) bond motifs is 1. The molecule has 1 aromatic heterocycles. The van der Waals surface area contributed by atoms with Crippen molar-refractivity contribution in [3.8, 4) is 11.3 Å². The monoisotopic (exact) mass is 260 g/mol. The standard InChI is InChI=1S/C13H9BrO/c14-13-10-4-1-3-9(10)6-7-11(13)12-5-2-8-15-12/h1-3,5-8H,4H2. The maximum absolute atomic E-state index is 5.41. The Balaban J connectivity index is 2.20. The Bertz CT molecular complexity index is 524. The van der Waals surface area contributed by atoms with Gasteiger partial charge >= 0.3 is 0 Å². The van der Waals surface area contributed by atoms with Crippen molar-refractivity contribution in [1.82, 2.24) is 0 Å². The second-order valence-corrected chi connectivity index (χ2v) is 4.37. The molecule has 15 heavy (non-hydrogen) atoms. The first-order valence-electron chi connectivity index (χ1n) is 4.88. The van der Waals surface area contributed by atoms with E-state index in [1.807, 2.05) is 12.1 Å². The van der Waals surface area contributed by atoms with E-state index in [1.165, 1.54) is 11.1 Å². The Hall–Kier alpha value is -1.28. The minimum Gasteiger partial charge on any atom is -0.464 e. The van der Waals surface area contributed by atoms with Gasteiger partial charge in [-0.25, -0.2) is 0 Å². The Morgan fingerprint density at radius 1 is 1.20 bits per heavy atom. The molecule has 1 nitrogen and oxygen atoms in total. The molecule has 0 unspecified atom stereocenters. The molecule has 0 bridgehead atoms. The van der Waals surface area contributed by atoms with E-state index in [1.54, 1.807) is 6.26 Å². The first-order chi connectivity index (χ1) is 7.36. The van der Waals surface area contributed by atoms with Crippen molar-refractivity contribution < 1.29 is 4.42 Å². The van der Waals surface area contributed by atoms with Crippen LogP contribution in [-0.4, -0.2) is 0 Å². The number of rotatable bonds is 1. The lowest BCUT2D eigenvalue weighted by atomic mass is 10.0. The molecule has 0 atom stereocenters. The maximum atomic E-state index is 5.41. The normalized spacial score (nSPS) is 13.1. The van der Waals surface area contributed by atoms with Gasteiger partial charge in [-0.2, -0.15) is 0 Å². The summed E-state index contributed by atoms with van der Waals surface area (Å²) in [6.07, 6.45) is 7.05. The Morgan fingerprint density at radius 2 is 2.13 bits per heavy atom. The lowest BCUT2D eigenvalue weighted by molar-refractivity contribution is 0.582. The fourth-order valence-electron chi connectivity index (χ4n) is 1.93. The van der Waals surface area contributed by atoms with Crippen molar-refractivity contribution in [2.75, 3.05) is 0 Å². The van der Waals surface area contributed by atoms with Crippen LogP contribution >= 0.6 is 15.9 Å². The van der Waals surface area contributed by atoms with Crippen LogP contribution in [0.25, 0.3) is 17.4 Å². The van der Waals surface area contributed by atoms with Crippen LogP contribution in [0.5, 0.6) is 0 Å². The molecular formula is C13H9BrO. The third-order valence-corrected chi connectivity index (χ3v) is 3.59. The van der Waals surface area contributed by atoms with Crippen LogP contribution < -0.4 is 0 Å². The predicted octanol–water partition coefficient (Wildman–Crippen LogP) is 4.28. The van der Waals surface area contributed by atoms with Crippen molar-refractivity contribution in [3.63, 3.8) is 0 Å². The fraction of sp³-hybridized carbons (Fsp3) is 0.0769. The highest BCUT2D eigenvalue weighted by Gasteiger charge is 2.14. The van der Waals surface area contributed by atoms with E-state index in [4.69, 9.17) is 4.42 Å². The summed E-state index contributed by atoms with van der Waals surface area (Å²) < 4.78 is 6.56. The molecule has 0 aliphatic heterocycles. The van der Waals surface area contributed by atoms with Gasteiger partial charge in [0, 0.05) is 10.0 Å². The summed E-state index contributed by atoms with van der Waals surface area (Å²) in [5, 5.41) is 0. The van der Waals surface area contributed by atoms with E-state index in [9.17, 15) is 0 Å². The highest BCUT2D eigenvalue weighted by atomic mass is 79.9. The third-order valence-electron chi connectivity index (χ3n) is 2.69. The van der Waals surface area contributed by atoms with Crippen molar-refractivity contribution in [1.29, 1.82) is 0 Å². The van der Waals surface area contributed by atoms with Crippen LogP contribution in [-0.2, 0) is 6.42 Å². The van der Waals surface area contributed by atoms with Crippen molar-refractivity contribution in [2.24, 2.45) is 0 Å². The van der Waals surface area contributed by atoms with Gasteiger partial charge < -0.3 is 4.42 Å². The van der Waals surface area contributed by atoms with Crippen LogP contribution in [0.1, 0.15) is 11.1 Å². The van der Waals surface area contributed by atoms with Gasteiger partial charge in [-0.15, -0.1) is 0 Å². The Labute approximate surface area is 96.5 Å². The molecule has 2 heteroatoms. The summed E-state index contributed by atoms with van der Waals surface area (Å²) in [6, 6.07) is 8.13.